The van der Waals surface area contributed by atoms with Gasteiger partial charge in [0.15, 0.2) is 0 Å². The zero-order valence-corrected chi connectivity index (χ0v) is 12.5. The average molecular weight is 286 g/mol. The molecule has 2 saturated heterocycles. The van der Waals surface area contributed by atoms with Gasteiger partial charge in [-0.1, -0.05) is 0 Å². The number of carbonyl (C=O) groups is 1. The lowest BCUT2D eigenvalue weighted by atomic mass is 9.68. The molecule has 0 radical (unpaired) electrons. The SMILES string of the molecule is CNc1ncc(C(=O)N2CC3CC4CC(C3)CC2C4)cn1. The van der Waals surface area contributed by atoms with Crippen molar-refractivity contribution in [2.24, 2.45) is 17.8 Å². The van der Waals surface area contributed by atoms with Gasteiger partial charge in [0.05, 0.1) is 5.56 Å². The first-order valence-corrected chi connectivity index (χ1v) is 8.03. The van der Waals surface area contributed by atoms with E-state index in [1.807, 2.05) is 0 Å². The Kier molecular flexibility index (Phi) is 3.08. The van der Waals surface area contributed by atoms with Crippen molar-refractivity contribution >= 4 is 11.9 Å². The fourth-order valence-corrected chi connectivity index (χ4v) is 4.77. The molecule has 3 heterocycles. The van der Waals surface area contributed by atoms with E-state index >= 15 is 0 Å². The second kappa shape index (κ2) is 4.97. The van der Waals surface area contributed by atoms with E-state index in [1.165, 1.54) is 32.1 Å². The Balaban J connectivity index is 1.58. The molecule has 2 aliphatic heterocycles. The van der Waals surface area contributed by atoms with Crippen molar-refractivity contribution in [2.45, 2.75) is 38.1 Å². The number of nitrogens with one attached hydrogen (secondary N) is 1. The van der Waals surface area contributed by atoms with Crippen LogP contribution in [0.2, 0.25) is 0 Å². The molecule has 5 heteroatoms. The molecule has 2 aliphatic carbocycles. The predicted octanol–water partition coefficient (Wildman–Crippen LogP) is 2.17. The molecule has 1 N–H and O–H groups in total. The molecule has 5 nitrogen and oxygen atoms in total. The summed E-state index contributed by atoms with van der Waals surface area (Å²) in [6.45, 7) is 0.935. The maximum Gasteiger partial charge on any atom is 0.257 e. The average Bonchev–Trinajstić information content (AvgIpc) is 2.70. The van der Waals surface area contributed by atoms with Gasteiger partial charge in [-0.25, -0.2) is 9.97 Å². The molecule has 112 valence electrons. The molecule has 2 unspecified atom stereocenters. The second-order valence-corrected chi connectivity index (χ2v) is 6.93. The number of hydrogen-bond donors (Lipinski definition) is 1. The van der Waals surface area contributed by atoms with E-state index < -0.39 is 0 Å². The fourth-order valence-electron chi connectivity index (χ4n) is 4.77. The van der Waals surface area contributed by atoms with Crippen LogP contribution in [-0.4, -0.2) is 40.4 Å². The number of carbonyl (C=O) groups excluding carboxylic acids is 1. The third kappa shape index (κ3) is 2.28. The normalized spacial score (nSPS) is 33.9. The molecule has 4 aliphatic rings. The number of rotatable bonds is 2. The van der Waals surface area contributed by atoms with Gasteiger partial charge in [-0.05, 0) is 49.9 Å². The Labute approximate surface area is 125 Å². The van der Waals surface area contributed by atoms with Crippen LogP contribution in [-0.2, 0) is 0 Å². The molecule has 1 amide bonds. The van der Waals surface area contributed by atoms with Gasteiger partial charge < -0.3 is 10.2 Å². The first-order chi connectivity index (χ1) is 10.2. The largest absolute Gasteiger partial charge is 0.357 e. The second-order valence-electron chi connectivity index (χ2n) is 6.93. The van der Waals surface area contributed by atoms with Gasteiger partial charge in [0.1, 0.15) is 0 Å². The minimum Gasteiger partial charge on any atom is -0.357 e. The third-order valence-electron chi connectivity index (χ3n) is 5.49. The topological polar surface area (TPSA) is 58.1 Å². The zero-order chi connectivity index (χ0) is 14.4. The van der Waals surface area contributed by atoms with Crippen LogP contribution >= 0.6 is 0 Å². The van der Waals surface area contributed by atoms with Crippen molar-refractivity contribution in [3.05, 3.63) is 18.0 Å². The van der Waals surface area contributed by atoms with Gasteiger partial charge >= 0.3 is 0 Å². The first-order valence-electron chi connectivity index (χ1n) is 8.03. The third-order valence-corrected chi connectivity index (χ3v) is 5.49. The summed E-state index contributed by atoms with van der Waals surface area (Å²) in [5.74, 6) is 3.10. The summed E-state index contributed by atoms with van der Waals surface area (Å²) in [6.07, 6.45) is 9.75. The Morgan fingerprint density at radius 1 is 1.10 bits per heavy atom. The van der Waals surface area contributed by atoms with E-state index in [-0.39, 0.29) is 5.91 Å². The van der Waals surface area contributed by atoms with Crippen molar-refractivity contribution in [3.63, 3.8) is 0 Å². The Bertz CT molecular complexity index is 530. The number of aromatic nitrogens is 2. The van der Waals surface area contributed by atoms with Crippen LogP contribution < -0.4 is 5.32 Å². The van der Waals surface area contributed by atoms with Gasteiger partial charge in [-0.15, -0.1) is 0 Å². The van der Waals surface area contributed by atoms with Crippen LogP contribution in [0.25, 0.3) is 0 Å². The smallest absolute Gasteiger partial charge is 0.257 e. The van der Waals surface area contributed by atoms with E-state index in [0.29, 0.717) is 23.5 Å². The fraction of sp³-hybridized carbons (Fsp3) is 0.688. The van der Waals surface area contributed by atoms with E-state index in [9.17, 15) is 4.79 Å². The highest BCUT2D eigenvalue weighted by Crippen LogP contribution is 2.47. The van der Waals surface area contributed by atoms with Crippen LogP contribution in [0, 0.1) is 17.8 Å². The Morgan fingerprint density at radius 3 is 2.33 bits per heavy atom. The van der Waals surface area contributed by atoms with Crippen LogP contribution in [0.15, 0.2) is 12.4 Å². The van der Waals surface area contributed by atoms with E-state index in [2.05, 4.69) is 20.2 Å². The maximum atomic E-state index is 12.8. The quantitative estimate of drug-likeness (QED) is 0.905. The first kappa shape index (κ1) is 13.0. The number of anilines is 1. The summed E-state index contributed by atoms with van der Waals surface area (Å²) in [6, 6.07) is 0.442. The van der Waals surface area contributed by atoms with E-state index in [4.69, 9.17) is 0 Å². The number of hydrogen-bond acceptors (Lipinski definition) is 4. The lowest BCUT2D eigenvalue weighted by Gasteiger charge is -2.38. The van der Waals surface area contributed by atoms with Crippen molar-refractivity contribution in [3.8, 4) is 0 Å². The van der Waals surface area contributed by atoms with Gasteiger partial charge in [-0.3, -0.25) is 4.79 Å². The van der Waals surface area contributed by atoms with Crippen LogP contribution in [0.4, 0.5) is 5.95 Å². The molecule has 2 atom stereocenters. The van der Waals surface area contributed by atoms with Crippen LogP contribution in [0.3, 0.4) is 0 Å². The number of amides is 1. The molecule has 4 bridgehead atoms. The standard InChI is InChI=1S/C16H22N4O/c1-17-16-18-7-13(8-19-16)15(21)20-9-12-3-10-2-11(4-12)6-14(20)5-10/h7-8,10-12,14H,2-6,9H2,1H3,(H,17,18,19). The van der Waals surface area contributed by atoms with Gasteiger partial charge in [-0.2, -0.15) is 0 Å². The summed E-state index contributed by atoms with van der Waals surface area (Å²) in [5, 5.41) is 2.88. The van der Waals surface area contributed by atoms with Gasteiger partial charge in [0.25, 0.3) is 5.91 Å². The lowest BCUT2D eigenvalue weighted by molar-refractivity contribution is 0.0632. The van der Waals surface area contributed by atoms with E-state index in [0.717, 1.165) is 18.4 Å². The van der Waals surface area contributed by atoms with Crippen LogP contribution in [0.1, 0.15) is 42.5 Å². The minimum atomic E-state index is 0.121. The molecular weight excluding hydrogens is 264 g/mol. The summed E-state index contributed by atoms with van der Waals surface area (Å²) in [4.78, 5) is 23.3. The highest BCUT2D eigenvalue weighted by molar-refractivity contribution is 5.94. The van der Waals surface area contributed by atoms with Crippen molar-refractivity contribution in [1.82, 2.24) is 14.9 Å². The molecular formula is C16H22N4O. The molecule has 5 rings (SSSR count). The summed E-state index contributed by atoms with van der Waals surface area (Å²) in [5.41, 5.74) is 0.621. The maximum absolute atomic E-state index is 12.8. The monoisotopic (exact) mass is 286 g/mol. The summed E-state index contributed by atoms with van der Waals surface area (Å²) >= 11 is 0. The zero-order valence-electron chi connectivity index (χ0n) is 12.5. The van der Waals surface area contributed by atoms with Crippen LogP contribution in [0.5, 0.6) is 0 Å². The van der Waals surface area contributed by atoms with Crippen molar-refractivity contribution in [2.75, 3.05) is 18.9 Å². The molecule has 4 fully saturated rings. The Morgan fingerprint density at radius 2 is 1.71 bits per heavy atom. The molecule has 0 spiro atoms. The highest BCUT2D eigenvalue weighted by atomic mass is 16.2. The predicted molar refractivity (Wildman–Crippen MR) is 80.0 cm³/mol. The molecule has 1 aromatic rings. The summed E-state index contributed by atoms with van der Waals surface area (Å²) < 4.78 is 0. The van der Waals surface area contributed by atoms with Crippen molar-refractivity contribution in [1.29, 1.82) is 0 Å². The number of fused-ring (bicyclic) bond motifs is 1. The van der Waals surface area contributed by atoms with Gasteiger partial charge in [0, 0.05) is 32.0 Å². The van der Waals surface area contributed by atoms with E-state index in [1.54, 1.807) is 19.4 Å². The minimum absolute atomic E-state index is 0.121. The highest BCUT2D eigenvalue weighted by Gasteiger charge is 2.44. The molecule has 2 saturated carbocycles. The number of nitrogens with zero attached hydrogens (tertiary/aromatic N) is 3. The Hall–Kier alpha value is -1.65. The summed E-state index contributed by atoms with van der Waals surface area (Å²) in [7, 11) is 1.78. The molecule has 21 heavy (non-hydrogen) atoms. The molecule has 1 aromatic heterocycles. The lowest BCUT2D eigenvalue weighted by Crippen LogP contribution is -2.42. The van der Waals surface area contributed by atoms with Crippen molar-refractivity contribution < 1.29 is 4.79 Å². The molecule has 0 aromatic carbocycles. The van der Waals surface area contributed by atoms with Gasteiger partial charge in [0.2, 0.25) is 5.95 Å².